The van der Waals surface area contributed by atoms with E-state index in [1.807, 2.05) is 30.3 Å². The average molecular weight is 396 g/mol. The van der Waals surface area contributed by atoms with E-state index in [4.69, 9.17) is 22.1 Å². The number of halogens is 1. The molecular weight excluding hydrogens is 378 g/mol. The van der Waals surface area contributed by atoms with Crippen LogP contribution in [0, 0.1) is 0 Å². The lowest BCUT2D eigenvalue weighted by molar-refractivity contribution is 0.0997. The molecule has 0 saturated carbocycles. The Labute approximate surface area is 167 Å². The van der Waals surface area contributed by atoms with Crippen LogP contribution in [-0.4, -0.2) is 16.8 Å². The van der Waals surface area contributed by atoms with Crippen LogP contribution in [0.3, 0.4) is 0 Å². The van der Waals surface area contributed by atoms with E-state index in [1.54, 1.807) is 18.2 Å². The first-order chi connectivity index (χ1) is 13.5. The van der Waals surface area contributed by atoms with E-state index in [0.29, 0.717) is 22.9 Å². The molecule has 0 aliphatic heterocycles. The van der Waals surface area contributed by atoms with Crippen LogP contribution in [0.4, 0.5) is 5.69 Å². The summed E-state index contributed by atoms with van der Waals surface area (Å²) >= 11 is 5.76. The summed E-state index contributed by atoms with van der Waals surface area (Å²) in [7, 11) is 0. The summed E-state index contributed by atoms with van der Waals surface area (Å²) < 4.78 is 5.66. The van der Waals surface area contributed by atoms with Gasteiger partial charge >= 0.3 is 0 Å². The summed E-state index contributed by atoms with van der Waals surface area (Å²) in [6.07, 6.45) is 2.88. The van der Waals surface area contributed by atoms with E-state index < -0.39 is 5.91 Å². The van der Waals surface area contributed by atoms with Gasteiger partial charge < -0.3 is 15.8 Å². The normalized spacial score (nSPS) is 10.3. The number of alkyl halides is 1. The van der Waals surface area contributed by atoms with Gasteiger partial charge in [0.05, 0.1) is 11.8 Å². The molecule has 0 aliphatic rings. The van der Waals surface area contributed by atoms with Gasteiger partial charge in [-0.25, -0.2) is 0 Å². The number of carbonyl (C=O) groups excluding carboxylic acids is 2. The van der Waals surface area contributed by atoms with Crippen molar-refractivity contribution in [3.63, 3.8) is 0 Å². The molecule has 6 nitrogen and oxygen atoms in total. The van der Waals surface area contributed by atoms with Crippen molar-refractivity contribution in [3.8, 4) is 5.75 Å². The topological polar surface area (TPSA) is 94.3 Å². The van der Waals surface area contributed by atoms with Crippen molar-refractivity contribution in [2.24, 2.45) is 5.73 Å². The van der Waals surface area contributed by atoms with E-state index in [9.17, 15) is 9.59 Å². The third kappa shape index (κ3) is 5.08. The highest BCUT2D eigenvalue weighted by atomic mass is 35.5. The minimum absolute atomic E-state index is 0.211. The number of carbonyl (C=O) groups is 2. The Morgan fingerprint density at radius 3 is 2.50 bits per heavy atom. The molecular formula is C21H18ClN3O3. The Balaban J connectivity index is 1.64. The molecule has 3 N–H and O–H groups in total. The smallest absolute Gasteiger partial charge is 0.255 e. The molecule has 7 heteroatoms. The molecule has 0 fully saturated rings. The summed E-state index contributed by atoms with van der Waals surface area (Å²) in [5.74, 6) is 0.0614. The highest BCUT2D eigenvalue weighted by Crippen LogP contribution is 2.17. The van der Waals surface area contributed by atoms with Gasteiger partial charge in [-0.3, -0.25) is 14.6 Å². The monoisotopic (exact) mass is 395 g/mol. The summed E-state index contributed by atoms with van der Waals surface area (Å²) in [6.45, 7) is 0.248. The maximum atomic E-state index is 12.4. The van der Waals surface area contributed by atoms with Crippen LogP contribution in [0.5, 0.6) is 5.75 Å². The highest BCUT2D eigenvalue weighted by Gasteiger charge is 2.07. The largest absolute Gasteiger partial charge is 0.487 e. The third-order valence-electron chi connectivity index (χ3n) is 3.96. The number of primary amides is 1. The van der Waals surface area contributed by atoms with Gasteiger partial charge in [0.15, 0.2) is 0 Å². The van der Waals surface area contributed by atoms with Crippen LogP contribution in [0.15, 0.2) is 67.0 Å². The SMILES string of the molecule is NC(=O)c1cncc(OCc2cccc(NC(=O)c3ccc(CCl)cc3)c2)c1. The summed E-state index contributed by atoms with van der Waals surface area (Å²) in [5.41, 5.74) is 8.51. The minimum atomic E-state index is -0.568. The zero-order chi connectivity index (χ0) is 19.9. The lowest BCUT2D eigenvalue weighted by Crippen LogP contribution is -2.12. The molecule has 142 valence electrons. The van der Waals surface area contributed by atoms with E-state index in [1.165, 1.54) is 18.5 Å². The predicted octanol–water partition coefficient (Wildman–Crippen LogP) is 3.75. The Morgan fingerprint density at radius 2 is 1.79 bits per heavy atom. The average Bonchev–Trinajstić information content (AvgIpc) is 2.73. The number of nitrogens with two attached hydrogens (primary N) is 1. The van der Waals surface area contributed by atoms with Gasteiger partial charge in [-0.2, -0.15) is 0 Å². The van der Waals surface area contributed by atoms with Gasteiger partial charge in [0.25, 0.3) is 5.91 Å². The zero-order valence-corrected chi connectivity index (χ0v) is 15.6. The van der Waals surface area contributed by atoms with Crippen LogP contribution in [-0.2, 0) is 12.5 Å². The summed E-state index contributed by atoms with van der Waals surface area (Å²) in [5, 5.41) is 2.86. The molecule has 2 amide bonds. The molecule has 0 aliphatic carbocycles. The van der Waals surface area contributed by atoms with Gasteiger partial charge in [-0.1, -0.05) is 24.3 Å². The number of amides is 2. The Bertz CT molecular complexity index is 990. The fraction of sp³-hybridized carbons (Fsp3) is 0.0952. The second-order valence-electron chi connectivity index (χ2n) is 6.05. The van der Waals surface area contributed by atoms with Crippen molar-refractivity contribution in [2.75, 3.05) is 5.32 Å². The molecule has 1 heterocycles. The van der Waals surface area contributed by atoms with E-state index >= 15 is 0 Å². The highest BCUT2D eigenvalue weighted by molar-refractivity contribution is 6.17. The first kappa shape index (κ1) is 19.4. The number of hydrogen-bond donors (Lipinski definition) is 2. The van der Waals surface area contributed by atoms with Gasteiger partial charge in [0.1, 0.15) is 12.4 Å². The van der Waals surface area contributed by atoms with Crippen LogP contribution in [0.2, 0.25) is 0 Å². The lowest BCUT2D eigenvalue weighted by Gasteiger charge is -2.10. The zero-order valence-electron chi connectivity index (χ0n) is 14.9. The molecule has 28 heavy (non-hydrogen) atoms. The molecule has 2 aromatic carbocycles. The van der Waals surface area contributed by atoms with Gasteiger partial charge in [-0.15, -0.1) is 11.6 Å². The number of ether oxygens (including phenoxy) is 1. The number of hydrogen-bond acceptors (Lipinski definition) is 4. The van der Waals surface area contributed by atoms with Crippen molar-refractivity contribution < 1.29 is 14.3 Å². The fourth-order valence-electron chi connectivity index (χ4n) is 2.49. The molecule has 0 saturated heterocycles. The Morgan fingerprint density at radius 1 is 1.00 bits per heavy atom. The van der Waals surface area contributed by atoms with E-state index in [2.05, 4.69) is 10.3 Å². The molecule has 0 spiro atoms. The number of rotatable bonds is 7. The second kappa shape index (κ2) is 9.01. The number of nitrogens with zero attached hydrogens (tertiary/aromatic N) is 1. The number of aromatic nitrogens is 1. The molecule has 1 aromatic heterocycles. The number of benzene rings is 2. The van der Waals surface area contributed by atoms with Crippen LogP contribution in [0.1, 0.15) is 31.8 Å². The molecule has 0 atom stereocenters. The van der Waals surface area contributed by atoms with Crippen molar-refractivity contribution in [1.82, 2.24) is 4.98 Å². The molecule has 3 rings (SSSR count). The lowest BCUT2D eigenvalue weighted by atomic mass is 10.1. The fourth-order valence-corrected chi connectivity index (χ4v) is 2.66. The molecule has 3 aromatic rings. The quantitative estimate of drug-likeness (QED) is 0.595. The van der Waals surface area contributed by atoms with E-state index in [-0.39, 0.29) is 18.1 Å². The van der Waals surface area contributed by atoms with Gasteiger partial charge in [0.2, 0.25) is 5.91 Å². The van der Waals surface area contributed by atoms with Crippen LogP contribution < -0.4 is 15.8 Å². The Kier molecular flexibility index (Phi) is 6.24. The van der Waals surface area contributed by atoms with Crippen molar-refractivity contribution in [1.29, 1.82) is 0 Å². The summed E-state index contributed by atoms with van der Waals surface area (Å²) in [4.78, 5) is 27.5. The van der Waals surface area contributed by atoms with Gasteiger partial charge in [0, 0.05) is 23.3 Å². The third-order valence-corrected chi connectivity index (χ3v) is 4.27. The first-order valence-corrected chi connectivity index (χ1v) is 9.01. The van der Waals surface area contributed by atoms with Crippen molar-refractivity contribution >= 4 is 29.1 Å². The van der Waals surface area contributed by atoms with Crippen LogP contribution >= 0.6 is 11.6 Å². The maximum Gasteiger partial charge on any atom is 0.255 e. The standard InChI is InChI=1S/C21H18ClN3O3/c22-10-14-4-6-16(7-5-14)21(27)25-18-3-1-2-15(8-18)13-28-19-9-17(20(23)26)11-24-12-19/h1-9,11-12H,10,13H2,(H2,23,26)(H,25,27). The minimum Gasteiger partial charge on any atom is -0.487 e. The van der Waals surface area contributed by atoms with E-state index in [0.717, 1.165) is 11.1 Å². The van der Waals surface area contributed by atoms with Crippen molar-refractivity contribution in [2.45, 2.75) is 12.5 Å². The number of anilines is 1. The number of nitrogens with one attached hydrogen (secondary N) is 1. The molecule has 0 bridgehead atoms. The van der Waals surface area contributed by atoms with Gasteiger partial charge in [-0.05, 0) is 41.5 Å². The van der Waals surface area contributed by atoms with Crippen LogP contribution in [0.25, 0.3) is 0 Å². The predicted molar refractivity (Wildman–Crippen MR) is 107 cm³/mol. The molecule has 0 radical (unpaired) electrons. The maximum absolute atomic E-state index is 12.4. The van der Waals surface area contributed by atoms with Crippen molar-refractivity contribution in [3.05, 3.63) is 89.2 Å². The summed E-state index contributed by atoms with van der Waals surface area (Å²) in [6, 6.07) is 15.9. The Hall–Kier alpha value is -3.38. The second-order valence-corrected chi connectivity index (χ2v) is 6.31. The first-order valence-electron chi connectivity index (χ1n) is 8.48. The number of pyridine rings is 1. The molecule has 0 unspecified atom stereocenters.